The van der Waals surface area contributed by atoms with Crippen molar-refractivity contribution in [2.24, 2.45) is 0 Å². The Labute approximate surface area is 86.0 Å². The molecule has 0 aromatic heterocycles. The molecular formula is C12H20O2. The lowest BCUT2D eigenvalue weighted by molar-refractivity contribution is -0.134. The summed E-state index contributed by atoms with van der Waals surface area (Å²) in [4.78, 5) is 12.0. The number of hydrogen-bond donors (Lipinski definition) is 1. The first-order chi connectivity index (χ1) is 6.64. The Bertz CT molecular complexity index is 237. The average Bonchev–Trinajstić information content (AvgIpc) is 2.28. The van der Waals surface area contributed by atoms with Crippen molar-refractivity contribution >= 4 is 5.78 Å². The molecule has 0 bridgehead atoms. The number of aliphatic hydroxyl groups is 1. The van der Waals surface area contributed by atoms with E-state index in [0.29, 0.717) is 12.8 Å². The van der Waals surface area contributed by atoms with E-state index in [4.69, 9.17) is 0 Å². The molecule has 2 nitrogen and oxygen atoms in total. The zero-order valence-electron chi connectivity index (χ0n) is 9.18. The molecule has 0 radical (unpaired) electrons. The lowest BCUT2D eigenvalue weighted by atomic mass is 9.84. The summed E-state index contributed by atoms with van der Waals surface area (Å²) in [5.41, 5.74) is -0.258. The lowest BCUT2D eigenvalue weighted by Crippen LogP contribution is -2.38. The molecule has 0 saturated heterocycles. The predicted octanol–water partition coefficient (Wildman–Crippen LogP) is 2.61. The molecule has 0 amide bonds. The summed E-state index contributed by atoms with van der Waals surface area (Å²) < 4.78 is 0. The largest absolute Gasteiger partial charge is 0.382 e. The van der Waals surface area contributed by atoms with Crippen LogP contribution in [0.25, 0.3) is 0 Å². The van der Waals surface area contributed by atoms with Gasteiger partial charge in [-0.25, -0.2) is 0 Å². The molecule has 80 valence electrons. The van der Waals surface area contributed by atoms with Gasteiger partial charge in [0.15, 0.2) is 5.78 Å². The lowest BCUT2D eigenvalue weighted by Gasteiger charge is -2.26. The molecule has 0 aliphatic heterocycles. The molecule has 2 heteroatoms. The molecule has 0 unspecified atom stereocenters. The highest BCUT2D eigenvalue weighted by Crippen LogP contribution is 2.26. The van der Waals surface area contributed by atoms with Crippen molar-refractivity contribution in [1.82, 2.24) is 0 Å². The average molecular weight is 196 g/mol. The first-order valence-corrected chi connectivity index (χ1v) is 5.60. The van der Waals surface area contributed by atoms with Gasteiger partial charge in [0.05, 0.1) is 0 Å². The van der Waals surface area contributed by atoms with Crippen molar-refractivity contribution in [3.05, 3.63) is 11.6 Å². The zero-order chi connectivity index (χ0) is 10.6. The Morgan fingerprint density at radius 2 is 2.07 bits per heavy atom. The minimum Gasteiger partial charge on any atom is -0.382 e. The van der Waals surface area contributed by atoms with Crippen LogP contribution in [0.15, 0.2) is 11.6 Å². The molecule has 1 aliphatic carbocycles. The summed E-state index contributed by atoms with van der Waals surface area (Å²) >= 11 is 0. The van der Waals surface area contributed by atoms with Gasteiger partial charge in [-0.3, -0.25) is 4.79 Å². The van der Waals surface area contributed by atoms with E-state index in [-0.39, 0.29) is 5.78 Å². The molecule has 1 N–H and O–H groups in total. The molecule has 14 heavy (non-hydrogen) atoms. The summed E-state index contributed by atoms with van der Waals surface area (Å²) in [5.74, 6) is -0.0396. The van der Waals surface area contributed by atoms with Crippen molar-refractivity contribution in [2.45, 2.75) is 58.0 Å². The maximum atomic E-state index is 12.0. The van der Waals surface area contributed by atoms with Crippen LogP contribution in [0.4, 0.5) is 0 Å². The van der Waals surface area contributed by atoms with E-state index in [1.54, 1.807) is 0 Å². The molecule has 1 rings (SSSR count). The van der Waals surface area contributed by atoms with Crippen LogP contribution in [-0.2, 0) is 4.79 Å². The van der Waals surface area contributed by atoms with Crippen molar-refractivity contribution in [3.63, 3.8) is 0 Å². The fraction of sp³-hybridized carbons (Fsp3) is 0.750. The van der Waals surface area contributed by atoms with E-state index in [1.165, 1.54) is 6.42 Å². The Morgan fingerprint density at radius 1 is 1.43 bits per heavy atom. The maximum Gasteiger partial charge on any atom is 0.189 e. The van der Waals surface area contributed by atoms with E-state index in [9.17, 15) is 9.90 Å². The van der Waals surface area contributed by atoms with Gasteiger partial charge in [-0.1, -0.05) is 19.9 Å². The van der Waals surface area contributed by atoms with E-state index < -0.39 is 5.60 Å². The van der Waals surface area contributed by atoms with Gasteiger partial charge in [-0.2, -0.15) is 0 Å². The fourth-order valence-electron chi connectivity index (χ4n) is 1.91. The monoisotopic (exact) mass is 196 g/mol. The summed E-state index contributed by atoms with van der Waals surface area (Å²) in [6.07, 6.45) is 7.13. The molecular weight excluding hydrogens is 176 g/mol. The van der Waals surface area contributed by atoms with E-state index in [0.717, 1.165) is 24.8 Å². The number of hydrogen-bond acceptors (Lipinski definition) is 2. The number of Topliss-reactive ketones (excluding diaryl/α,β-unsaturated/α-hetero) is 1. The fourth-order valence-corrected chi connectivity index (χ4v) is 1.91. The summed E-state index contributed by atoms with van der Waals surface area (Å²) in [6.45, 7) is 3.73. The van der Waals surface area contributed by atoms with Crippen LogP contribution in [-0.4, -0.2) is 16.5 Å². The molecule has 0 fully saturated rings. The van der Waals surface area contributed by atoms with Gasteiger partial charge < -0.3 is 5.11 Å². The van der Waals surface area contributed by atoms with Crippen molar-refractivity contribution in [3.8, 4) is 0 Å². The van der Waals surface area contributed by atoms with Crippen LogP contribution in [0, 0.1) is 0 Å². The number of rotatable bonds is 4. The number of carbonyl (C=O) groups is 1. The Kier molecular flexibility index (Phi) is 3.87. The maximum absolute atomic E-state index is 12.0. The third kappa shape index (κ3) is 2.24. The van der Waals surface area contributed by atoms with E-state index in [1.807, 2.05) is 19.9 Å². The van der Waals surface area contributed by atoms with E-state index in [2.05, 4.69) is 0 Å². The highest BCUT2D eigenvalue weighted by atomic mass is 16.3. The Hall–Kier alpha value is -0.630. The molecule has 1 aliphatic rings. The van der Waals surface area contributed by atoms with Crippen LogP contribution in [0.1, 0.15) is 52.4 Å². The van der Waals surface area contributed by atoms with Crippen LogP contribution >= 0.6 is 0 Å². The topological polar surface area (TPSA) is 37.3 Å². The molecule has 0 heterocycles. The van der Waals surface area contributed by atoms with Gasteiger partial charge in [0.2, 0.25) is 0 Å². The number of carbonyl (C=O) groups excluding carboxylic acids is 1. The summed E-state index contributed by atoms with van der Waals surface area (Å²) in [5, 5.41) is 10.1. The zero-order valence-corrected chi connectivity index (χ0v) is 9.18. The summed E-state index contributed by atoms with van der Waals surface area (Å²) in [7, 11) is 0. The van der Waals surface area contributed by atoms with Gasteiger partial charge in [0.25, 0.3) is 0 Å². The minimum atomic E-state index is -1.11. The third-order valence-electron chi connectivity index (χ3n) is 3.18. The van der Waals surface area contributed by atoms with Gasteiger partial charge >= 0.3 is 0 Å². The highest BCUT2D eigenvalue weighted by Gasteiger charge is 2.33. The molecule has 0 spiro atoms. The number of allylic oxidation sites excluding steroid dienone is 1. The van der Waals surface area contributed by atoms with Gasteiger partial charge in [0.1, 0.15) is 5.60 Å². The van der Waals surface area contributed by atoms with Crippen molar-refractivity contribution in [1.29, 1.82) is 0 Å². The normalized spacial score (nSPS) is 17.8. The standard InChI is InChI=1S/C12H20O2/c1-3-12(14,4-2)11(13)10-8-6-5-7-9-10/h8,14H,3-7,9H2,1-2H3. The second-order valence-electron chi connectivity index (χ2n) is 4.04. The highest BCUT2D eigenvalue weighted by molar-refractivity contribution is 6.01. The second kappa shape index (κ2) is 4.74. The van der Waals surface area contributed by atoms with E-state index >= 15 is 0 Å². The van der Waals surface area contributed by atoms with Crippen molar-refractivity contribution < 1.29 is 9.90 Å². The Morgan fingerprint density at radius 3 is 2.50 bits per heavy atom. The van der Waals surface area contributed by atoms with Crippen LogP contribution in [0.3, 0.4) is 0 Å². The van der Waals surface area contributed by atoms with Crippen LogP contribution in [0.5, 0.6) is 0 Å². The van der Waals surface area contributed by atoms with Crippen LogP contribution < -0.4 is 0 Å². The molecule has 0 aromatic carbocycles. The van der Waals surface area contributed by atoms with Crippen molar-refractivity contribution in [2.75, 3.05) is 0 Å². The second-order valence-corrected chi connectivity index (χ2v) is 4.04. The van der Waals surface area contributed by atoms with Gasteiger partial charge in [-0.15, -0.1) is 0 Å². The number of ketones is 1. The van der Waals surface area contributed by atoms with Gasteiger partial charge in [-0.05, 0) is 44.1 Å². The minimum absolute atomic E-state index is 0.0396. The molecule has 0 aromatic rings. The predicted molar refractivity (Wildman–Crippen MR) is 57.1 cm³/mol. The Balaban J connectivity index is 2.76. The smallest absolute Gasteiger partial charge is 0.189 e. The first kappa shape index (κ1) is 11.4. The quantitative estimate of drug-likeness (QED) is 0.750. The summed E-state index contributed by atoms with van der Waals surface area (Å²) in [6, 6.07) is 0. The van der Waals surface area contributed by atoms with Gasteiger partial charge in [0, 0.05) is 0 Å². The first-order valence-electron chi connectivity index (χ1n) is 5.60. The van der Waals surface area contributed by atoms with Crippen LogP contribution in [0.2, 0.25) is 0 Å². The SMILES string of the molecule is CCC(O)(CC)C(=O)C1=CCCCC1. The molecule has 0 saturated carbocycles. The molecule has 0 atom stereocenters. The third-order valence-corrected chi connectivity index (χ3v) is 3.18.